The van der Waals surface area contributed by atoms with Gasteiger partial charge < -0.3 is 4.74 Å². The van der Waals surface area contributed by atoms with Crippen molar-refractivity contribution in [1.29, 1.82) is 0 Å². The molecule has 94 valence electrons. The summed E-state index contributed by atoms with van der Waals surface area (Å²) in [6.07, 6.45) is 0.844. The highest BCUT2D eigenvalue weighted by atomic mass is 32.1. The van der Waals surface area contributed by atoms with Crippen LogP contribution in [0.4, 0.5) is 0 Å². The Morgan fingerprint density at radius 1 is 1.28 bits per heavy atom. The fourth-order valence-corrected chi connectivity index (χ4v) is 2.39. The van der Waals surface area contributed by atoms with Gasteiger partial charge in [0.1, 0.15) is 11.5 Å². The standard InChI is InChI=1S/C15H16O2S/c1-10(2)14-5-4-11(3)6-15(14)17-12-7-13(8-16)18-9-12/h4-10H,1-3H3. The summed E-state index contributed by atoms with van der Waals surface area (Å²) in [7, 11) is 0. The quantitative estimate of drug-likeness (QED) is 0.739. The smallest absolute Gasteiger partial charge is 0.160 e. The molecule has 0 atom stereocenters. The van der Waals surface area contributed by atoms with Gasteiger partial charge in [0.25, 0.3) is 0 Å². The molecular formula is C15H16O2S. The van der Waals surface area contributed by atoms with Gasteiger partial charge in [0, 0.05) is 11.4 Å². The third-order valence-corrected chi connectivity index (χ3v) is 3.57. The lowest BCUT2D eigenvalue weighted by molar-refractivity contribution is 0.112. The maximum atomic E-state index is 10.7. The maximum Gasteiger partial charge on any atom is 0.160 e. The van der Waals surface area contributed by atoms with E-state index in [1.165, 1.54) is 22.5 Å². The minimum absolute atomic E-state index is 0.407. The van der Waals surface area contributed by atoms with Gasteiger partial charge in [-0.1, -0.05) is 26.0 Å². The fraction of sp³-hybridized carbons (Fsp3) is 0.267. The first kappa shape index (κ1) is 12.8. The highest BCUT2D eigenvalue weighted by molar-refractivity contribution is 7.11. The molecule has 0 saturated heterocycles. The Bertz CT molecular complexity index is 555. The van der Waals surface area contributed by atoms with Crippen LogP contribution in [0.15, 0.2) is 29.6 Å². The van der Waals surface area contributed by atoms with Crippen molar-refractivity contribution in [3.05, 3.63) is 45.6 Å². The topological polar surface area (TPSA) is 26.3 Å². The molecular weight excluding hydrogens is 244 g/mol. The summed E-state index contributed by atoms with van der Waals surface area (Å²) in [5.74, 6) is 2.01. The van der Waals surface area contributed by atoms with Gasteiger partial charge in [0.05, 0.1) is 4.88 Å². The van der Waals surface area contributed by atoms with Gasteiger partial charge in [-0.15, -0.1) is 11.3 Å². The van der Waals surface area contributed by atoms with Gasteiger partial charge in [0.15, 0.2) is 6.29 Å². The van der Waals surface area contributed by atoms with E-state index in [1.54, 1.807) is 6.07 Å². The normalized spacial score (nSPS) is 10.7. The van der Waals surface area contributed by atoms with Crippen molar-refractivity contribution in [2.24, 2.45) is 0 Å². The zero-order valence-electron chi connectivity index (χ0n) is 10.8. The Hall–Kier alpha value is -1.61. The first-order valence-electron chi connectivity index (χ1n) is 5.92. The van der Waals surface area contributed by atoms with Crippen molar-refractivity contribution < 1.29 is 9.53 Å². The first-order valence-corrected chi connectivity index (χ1v) is 6.80. The van der Waals surface area contributed by atoms with Crippen molar-refractivity contribution >= 4 is 17.6 Å². The summed E-state index contributed by atoms with van der Waals surface area (Å²) in [4.78, 5) is 11.3. The van der Waals surface area contributed by atoms with Crippen LogP contribution >= 0.6 is 11.3 Å². The molecule has 18 heavy (non-hydrogen) atoms. The molecule has 0 amide bonds. The number of hydrogen-bond donors (Lipinski definition) is 0. The third kappa shape index (κ3) is 2.79. The molecule has 2 aromatic rings. The van der Waals surface area contributed by atoms with Crippen LogP contribution in [0.5, 0.6) is 11.5 Å². The van der Waals surface area contributed by atoms with Crippen LogP contribution in [0.1, 0.15) is 40.6 Å². The zero-order chi connectivity index (χ0) is 13.1. The number of benzene rings is 1. The lowest BCUT2D eigenvalue weighted by Gasteiger charge is -2.13. The van der Waals surface area contributed by atoms with E-state index in [-0.39, 0.29) is 0 Å². The lowest BCUT2D eigenvalue weighted by Crippen LogP contribution is -1.94. The Labute approximate surface area is 111 Å². The molecule has 1 aromatic carbocycles. The molecule has 0 aliphatic rings. The highest BCUT2D eigenvalue weighted by Gasteiger charge is 2.10. The molecule has 0 spiro atoms. The average molecular weight is 260 g/mol. The summed E-state index contributed by atoms with van der Waals surface area (Å²) >= 11 is 1.39. The Kier molecular flexibility index (Phi) is 3.82. The van der Waals surface area contributed by atoms with E-state index >= 15 is 0 Å². The minimum atomic E-state index is 0.407. The number of ether oxygens (including phenoxy) is 1. The van der Waals surface area contributed by atoms with E-state index in [0.29, 0.717) is 10.8 Å². The number of hydrogen-bond acceptors (Lipinski definition) is 3. The Morgan fingerprint density at radius 2 is 2.06 bits per heavy atom. The van der Waals surface area contributed by atoms with Crippen molar-refractivity contribution in [2.45, 2.75) is 26.7 Å². The molecule has 0 saturated carbocycles. The summed E-state index contributed by atoms with van der Waals surface area (Å²) in [6.45, 7) is 6.32. The van der Waals surface area contributed by atoms with Gasteiger partial charge in [-0.05, 0) is 30.0 Å². The second-order valence-electron chi connectivity index (χ2n) is 4.60. The van der Waals surface area contributed by atoms with E-state index in [9.17, 15) is 4.79 Å². The maximum absolute atomic E-state index is 10.7. The molecule has 0 bridgehead atoms. The SMILES string of the molecule is Cc1ccc(C(C)C)c(Oc2csc(C=O)c2)c1. The van der Waals surface area contributed by atoms with Crippen LogP contribution in [0.2, 0.25) is 0 Å². The van der Waals surface area contributed by atoms with Gasteiger partial charge in [0.2, 0.25) is 0 Å². The van der Waals surface area contributed by atoms with Crippen LogP contribution in [-0.2, 0) is 0 Å². The molecule has 0 aliphatic heterocycles. The van der Waals surface area contributed by atoms with Crippen LogP contribution in [0, 0.1) is 6.92 Å². The number of aryl methyl sites for hydroxylation is 1. The summed E-state index contributed by atoms with van der Waals surface area (Å²) in [5, 5.41) is 1.86. The van der Waals surface area contributed by atoms with E-state index in [4.69, 9.17) is 4.74 Å². The van der Waals surface area contributed by atoms with Crippen LogP contribution in [-0.4, -0.2) is 6.29 Å². The molecule has 0 aliphatic carbocycles. The van der Waals surface area contributed by atoms with Gasteiger partial charge in [-0.2, -0.15) is 0 Å². The number of aldehydes is 1. The predicted molar refractivity (Wildman–Crippen MR) is 75.0 cm³/mol. The second-order valence-corrected chi connectivity index (χ2v) is 5.54. The molecule has 0 fully saturated rings. The van der Waals surface area contributed by atoms with Crippen LogP contribution in [0.25, 0.3) is 0 Å². The predicted octanol–water partition coefficient (Wildman–Crippen LogP) is 4.78. The van der Waals surface area contributed by atoms with Crippen LogP contribution in [0.3, 0.4) is 0 Å². The van der Waals surface area contributed by atoms with E-state index in [0.717, 1.165) is 17.8 Å². The fourth-order valence-electron chi connectivity index (χ4n) is 1.78. The van der Waals surface area contributed by atoms with Crippen molar-refractivity contribution in [1.82, 2.24) is 0 Å². The number of thiophene rings is 1. The number of carbonyl (C=O) groups excluding carboxylic acids is 1. The summed E-state index contributed by atoms with van der Waals surface area (Å²) < 4.78 is 5.89. The summed E-state index contributed by atoms with van der Waals surface area (Å²) in [6, 6.07) is 7.99. The monoisotopic (exact) mass is 260 g/mol. The largest absolute Gasteiger partial charge is 0.456 e. The van der Waals surface area contributed by atoms with E-state index in [2.05, 4.69) is 26.0 Å². The Balaban J connectivity index is 2.32. The van der Waals surface area contributed by atoms with Crippen LogP contribution < -0.4 is 4.74 Å². The minimum Gasteiger partial charge on any atom is -0.456 e. The van der Waals surface area contributed by atoms with E-state index < -0.39 is 0 Å². The molecule has 1 heterocycles. The zero-order valence-corrected chi connectivity index (χ0v) is 11.6. The average Bonchev–Trinajstić information content (AvgIpc) is 2.76. The first-order chi connectivity index (χ1) is 8.60. The second kappa shape index (κ2) is 5.36. The van der Waals surface area contributed by atoms with Gasteiger partial charge >= 0.3 is 0 Å². The summed E-state index contributed by atoms with van der Waals surface area (Å²) in [5.41, 5.74) is 2.35. The molecule has 0 radical (unpaired) electrons. The van der Waals surface area contributed by atoms with Crippen molar-refractivity contribution in [3.63, 3.8) is 0 Å². The lowest BCUT2D eigenvalue weighted by atomic mass is 10.0. The molecule has 3 heteroatoms. The Morgan fingerprint density at radius 3 is 2.67 bits per heavy atom. The third-order valence-electron chi connectivity index (χ3n) is 2.73. The van der Waals surface area contributed by atoms with Crippen molar-refractivity contribution in [3.8, 4) is 11.5 Å². The molecule has 2 nitrogen and oxygen atoms in total. The highest BCUT2D eigenvalue weighted by Crippen LogP contribution is 2.33. The van der Waals surface area contributed by atoms with Crippen molar-refractivity contribution in [2.75, 3.05) is 0 Å². The number of rotatable bonds is 4. The van der Waals surface area contributed by atoms with Gasteiger partial charge in [-0.25, -0.2) is 0 Å². The number of carbonyl (C=O) groups is 1. The van der Waals surface area contributed by atoms with Gasteiger partial charge in [-0.3, -0.25) is 4.79 Å². The van der Waals surface area contributed by atoms with E-state index in [1.807, 2.05) is 18.4 Å². The molecule has 0 N–H and O–H groups in total. The molecule has 1 aromatic heterocycles. The molecule has 0 unspecified atom stereocenters. The molecule has 2 rings (SSSR count).